The number of sulfonamides is 1. The van der Waals surface area contributed by atoms with Gasteiger partial charge in [0.05, 0.1) is 11.3 Å². The lowest BCUT2D eigenvalue weighted by atomic mass is 10.2. The Morgan fingerprint density at radius 1 is 1.33 bits per heavy atom. The van der Waals surface area contributed by atoms with Gasteiger partial charge in [-0.2, -0.15) is 16.1 Å². The van der Waals surface area contributed by atoms with E-state index in [0.717, 1.165) is 12.2 Å². The van der Waals surface area contributed by atoms with Crippen molar-refractivity contribution in [1.82, 2.24) is 4.31 Å². The molecule has 0 saturated heterocycles. The van der Waals surface area contributed by atoms with Gasteiger partial charge in [-0.15, -0.1) is 0 Å². The molecule has 1 unspecified atom stereocenters. The largest absolute Gasteiger partial charge is 0.481 e. The highest BCUT2D eigenvalue weighted by molar-refractivity contribution is 7.98. The summed E-state index contributed by atoms with van der Waals surface area (Å²) in [5.74, 6) is -0.197. The molecule has 118 valence electrons. The lowest BCUT2D eigenvalue weighted by Gasteiger charge is -2.26. The number of nitrogens with zero attached hydrogens (tertiary/aromatic N) is 1. The van der Waals surface area contributed by atoms with Crippen LogP contribution in [-0.4, -0.2) is 48.9 Å². The van der Waals surface area contributed by atoms with E-state index in [2.05, 4.69) is 0 Å². The standard InChI is InChI=1S/C14H21NO4S2/c1-4-12(10-20-3)15(2)21(18,19)13-7-5-11(6-8-13)9-14(16)17/h5-8,12H,4,9-10H2,1-3H3,(H,16,17). The van der Waals surface area contributed by atoms with Gasteiger partial charge in [-0.05, 0) is 30.4 Å². The number of hydrogen-bond donors (Lipinski definition) is 1. The summed E-state index contributed by atoms with van der Waals surface area (Å²) in [6.07, 6.45) is 2.58. The highest BCUT2D eigenvalue weighted by Gasteiger charge is 2.26. The van der Waals surface area contributed by atoms with Crippen molar-refractivity contribution in [2.75, 3.05) is 19.1 Å². The van der Waals surface area contributed by atoms with E-state index in [1.54, 1.807) is 30.9 Å². The Morgan fingerprint density at radius 2 is 1.90 bits per heavy atom. The molecule has 0 aliphatic rings. The van der Waals surface area contributed by atoms with Gasteiger partial charge >= 0.3 is 5.97 Å². The predicted molar refractivity (Wildman–Crippen MR) is 85.2 cm³/mol. The molecule has 0 aliphatic heterocycles. The third kappa shape index (κ3) is 4.72. The maximum absolute atomic E-state index is 12.5. The normalized spacial score (nSPS) is 13.3. The van der Waals surface area contributed by atoms with E-state index in [1.807, 2.05) is 13.2 Å². The number of carboxylic acids is 1. The van der Waals surface area contributed by atoms with Crippen molar-refractivity contribution in [1.29, 1.82) is 0 Å². The first kappa shape index (κ1) is 18.0. The zero-order chi connectivity index (χ0) is 16.0. The van der Waals surface area contributed by atoms with Gasteiger partial charge < -0.3 is 5.11 Å². The SMILES string of the molecule is CCC(CSC)N(C)S(=O)(=O)c1ccc(CC(=O)O)cc1. The molecule has 0 bridgehead atoms. The second kappa shape index (κ2) is 7.82. The fourth-order valence-corrected chi connectivity index (χ4v) is 4.36. The van der Waals surface area contributed by atoms with E-state index in [-0.39, 0.29) is 17.4 Å². The van der Waals surface area contributed by atoms with Gasteiger partial charge in [0.15, 0.2) is 0 Å². The van der Waals surface area contributed by atoms with Crippen LogP contribution in [0.15, 0.2) is 29.2 Å². The Labute approximate surface area is 130 Å². The summed E-state index contributed by atoms with van der Waals surface area (Å²) in [4.78, 5) is 10.8. The molecule has 0 saturated carbocycles. The van der Waals surface area contributed by atoms with Crippen molar-refractivity contribution in [3.63, 3.8) is 0 Å². The number of aliphatic carboxylic acids is 1. The molecule has 7 heteroatoms. The molecular formula is C14H21NO4S2. The van der Waals surface area contributed by atoms with Crippen LogP contribution in [0.1, 0.15) is 18.9 Å². The first-order valence-corrected chi connectivity index (χ1v) is 9.44. The Hall–Kier alpha value is -1.05. The first-order chi connectivity index (χ1) is 9.82. The molecule has 1 rings (SSSR count). The highest BCUT2D eigenvalue weighted by atomic mass is 32.2. The molecule has 5 nitrogen and oxygen atoms in total. The van der Waals surface area contributed by atoms with Crippen molar-refractivity contribution in [3.8, 4) is 0 Å². The molecule has 0 fully saturated rings. The minimum Gasteiger partial charge on any atom is -0.481 e. The van der Waals surface area contributed by atoms with Gasteiger partial charge in [-0.3, -0.25) is 4.79 Å². The Morgan fingerprint density at radius 3 is 2.33 bits per heavy atom. The lowest BCUT2D eigenvalue weighted by molar-refractivity contribution is -0.136. The molecule has 1 aromatic carbocycles. The van der Waals surface area contributed by atoms with Crippen molar-refractivity contribution >= 4 is 27.8 Å². The number of benzene rings is 1. The molecule has 1 N–H and O–H groups in total. The summed E-state index contributed by atoms with van der Waals surface area (Å²) in [5.41, 5.74) is 0.584. The zero-order valence-electron chi connectivity index (χ0n) is 12.4. The van der Waals surface area contributed by atoms with Crippen LogP contribution in [0, 0.1) is 0 Å². The van der Waals surface area contributed by atoms with Crippen molar-refractivity contribution in [3.05, 3.63) is 29.8 Å². The fraction of sp³-hybridized carbons (Fsp3) is 0.500. The molecule has 0 heterocycles. The Kier molecular flexibility index (Phi) is 6.70. The van der Waals surface area contributed by atoms with Gasteiger partial charge in [-0.25, -0.2) is 8.42 Å². The first-order valence-electron chi connectivity index (χ1n) is 6.60. The third-order valence-corrected chi connectivity index (χ3v) is 5.94. The van der Waals surface area contributed by atoms with Gasteiger partial charge in [0.25, 0.3) is 0 Å². The summed E-state index contributed by atoms with van der Waals surface area (Å²) < 4.78 is 26.5. The van der Waals surface area contributed by atoms with Gasteiger partial charge in [0.1, 0.15) is 0 Å². The molecule has 0 aliphatic carbocycles. The predicted octanol–water partition coefficient (Wildman–Crippen LogP) is 2.08. The lowest BCUT2D eigenvalue weighted by Crippen LogP contribution is -2.38. The maximum atomic E-state index is 12.5. The van der Waals surface area contributed by atoms with Crippen LogP contribution in [0.5, 0.6) is 0 Å². The number of carboxylic acid groups (broad SMARTS) is 1. The smallest absolute Gasteiger partial charge is 0.307 e. The molecule has 1 aromatic rings. The summed E-state index contributed by atoms with van der Waals surface area (Å²) in [6, 6.07) is 5.98. The fourth-order valence-electron chi connectivity index (χ4n) is 1.99. The number of thioether (sulfide) groups is 1. The van der Waals surface area contributed by atoms with E-state index in [9.17, 15) is 13.2 Å². The van der Waals surface area contributed by atoms with Gasteiger partial charge in [0, 0.05) is 18.8 Å². The average Bonchev–Trinajstić information content (AvgIpc) is 2.44. The van der Waals surface area contributed by atoms with Crippen LogP contribution in [0.2, 0.25) is 0 Å². The summed E-state index contributed by atoms with van der Waals surface area (Å²) in [6.45, 7) is 1.96. The van der Waals surface area contributed by atoms with Crippen LogP contribution in [0.4, 0.5) is 0 Å². The Balaban J connectivity index is 2.98. The number of rotatable bonds is 8. The van der Waals surface area contributed by atoms with Crippen molar-refractivity contribution < 1.29 is 18.3 Å². The maximum Gasteiger partial charge on any atom is 0.307 e. The van der Waals surface area contributed by atoms with E-state index >= 15 is 0 Å². The van der Waals surface area contributed by atoms with Crippen LogP contribution >= 0.6 is 11.8 Å². The van der Waals surface area contributed by atoms with Gasteiger partial charge in [0.2, 0.25) is 10.0 Å². The van der Waals surface area contributed by atoms with Crippen LogP contribution in [0.3, 0.4) is 0 Å². The topological polar surface area (TPSA) is 74.7 Å². The molecular weight excluding hydrogens is 310 g/mol. The molecule has 0 amide bonds. The van der Waals surface area contributed by atoms with E-state index < -0.39 is 16.0 Å². The number of carbonyl (C=O) groups is 1. The van der Waals surface area contributed by atoms with E-state index in [1.165, 1.54) is 16.4 Å². The minimum absolute atomic E-state index is 0.0521. The molecule has 21 heavy (non-hydrogen) atoms. The second-order valence-corrected chi connectivity index (χ2v) is 7.66. The number of hydrogen-bond acceptors (Lipinski definition) is 4. The Bertz CT molecular complexity index is 569. The summed E-state index contributed by atoms with van der Waals surface area (Å²) >= 11 is 1.61. The van der Waals surface area contributed by atoms with Crippen LogP contribution in [0.25, 0.3) is 0 Å². The van der Waals surface area contributed by atoms with Crippen molar-refractivity contribution in [2.45, 2.75) is 30.7 Å². The van der Waals surface area contributed by atoms with E-state index in [0.29, 0.717) is 5.56 Å². The minimum atomic E-state index is -3.55. The highest BCUT2D eigenvalue weighted by Crippen LogP contribution is 2.20. The summed E-state index contributed by atoms with van der Waals surface area (Å²) in [7, 11) is -1.96. The van der Waals surface area contributed by atoms with E-state index in [4.69, 9.17) is 5.11 Å². The third-order valence-electron chi connectivity index (χ3n) is 3.30. The molecule has 0 aromatic heterocycles. The van der Waals surface area contributed by atoms with Gasteiger partial charge in [-0.1, -0.05) is 19.1 Å². The second-order valence-electron chi connectivity index (χ2n) is 4.75. The monoisotopic (exact) mass is 331 g/mol. The molecule has 0 radical (unpaired) electrons. The van der Waals surface area contributed by atoms with Crippen LogP contribution in [-0.2, 0) is 21.2 Å². The average molecular weight is 331 g/mol. The molecule has 0 spiro atoms. The molecule has 1 atom stereocenters. The quantitative estimate of drug-likeness (QED) is 0.789. The summed E-state index contributed by atoms with van der Waals surface area (Å²) in [5, 5.41) is 8.72. The van der Waals surface area contributed by atoms with Crippen molar-refractivity contribution in [2.24, 2.45) is 0 Å². The van der Waals surface area contributed by atoms with Crippen LogP contribution < -0.4 is 0 Å². The zero-order valence-corrected chi connectivity index (χ0v) is 14.1.